The Balaban J connectivity index is 1.36. The molecule has 8 aromatic carbocycles. The van der Waals surface area contributed by atoms with Crippen LogP contribution in [0.15, 0.2) is 182 Å². The van der Waals surface area contributed by atoms with Gasteiger partial charge in [0, 0.05) is 43.3 Å². The maximum absolute atomic E-state index is 5.44. The van der Waals surface area contributed by atoms with Crippen LogP contribution in [0.4, 0.5) is 0 Å². The van der Waals surface area contributed by atoms with E-state index in [0.717, 1.165) is 44.2 Å². The Hall–Kier alpha value is -7.30. The molecule has 0 aliphatic carbocycles. The molecule has 12 aromatic rings. The molecular weight excluding hydrogens is 657 g/mol. The molecule has 0 aliphatic rings. The topological polar surface area (TPSA) is 35.1 Å². The predicted molar refractivity (Wildman–Crippen MR) is 227 cm³/mol. The number of hydrogen-bond donors (Lipinski definition) is 0. The summed E-state index contributed by atoms with van der Waals surface area (Å²) in [4.78, 5) is 10.8. The van der Waals surface area contributed by atoms with Crippen LogP contribution in [0.2, 0.25) is 0 Å². The molecule has 0 atom stereocenters. The van der Waals surface area contributed by atoms with Crippen LogP contribution in [0.5, 0.6) is 0 Å². The molecule has 0 fully saturated rings. The second kappa shape index (κ2) is 11.1. The van der Waals surface area contributed by atoms with Crippen LogP contribution in [-0.2, 0) is 0 Å². The first-order valence-corrected chi connectivity index (χ1v) is 18.4. The van der Waals surface area contributed by atoms with Crippen molar-refractivity contribution in [3.8, 4) is 17.2 Å². The van der Waals surface area contributed by atoms with E-state index in [1.165, 1.54) is 59.4 Å². The summed E-state index contributed by atoms with van der Waals surface area (Å²) in [5.41, 5.74) is 8.56. The molecule has 4 aromatic heterocycles. The fourth-order valence-corrected chi connectivity index (χ4v) is 9.06. The number of aromatic nitrogens is 4. The van der Waals surface area contributed by atoms with Crippen LogP contribution in [-0.4, -0.2) is 18.9 Å². The van der Waals surface area contributed by atoms with Gasteiger partial charge in [-0.3, -0.25) is 4.57 Å². The Bertz CT molecular complexity index is 3560. The highest BCUT2D eigenvalue weighted by Crippen LogP contribution is 2.44. The van der Waals surface area contributed by atoms with Gasteiger partial charge < -0.3 is 4.40 Å². The van der Waals surface area contributed by atoms with Crippen LogP contribution in [0.1, 0.15) is 0 Å². The van der Waals surface area contributed by atoms with E-state index in [-0.39, 0.29) is 0 Å². The van der Waals surface area contributed by atoms with E-state index >= 15 is 0 Å². The standard InChI is InChI=1S/C50H30N4/c1-2-15-31(16-3-1)47-40-23-8-11-26-42(40)51-50(52-47)54-44-28-13-10-22-37(44)39-29-30-45-46(49(39)54)41-25-14-24-38-35-20-7-5-18-33(35)32-17-4-6-19-34(32)36-21-9-12-27-43(36)53(45)48(38)41/h1-30H. The van der Waals surface area contributed by atoms with Gasteiger partial charge in [-0.25, -0.2) is 9.97 Å². The average Bonchev–Trinajstić information content (AvgIpc) is 3.77. The number of para-hydroxylation sites is 4. The SMILES string of the molecule is c1ccc(-c2nc(-n3c4ccccc4c4ccc5c(c6cccc7c8ccccc8c8ccccc8c8ccccc8n5c76)c43)nc3ccccc23)cc1. The molecule has 0 aliphatic heterocycles. The number of rotatable bonds is 2. The largest absolute Gasteiger partial charge is 0.308 e. The molecule has 54 heavy (non-hydrogen) atoms. The summed E-state index contributed by atoms with van der Waals surface area (Å²) in [6.45, 7) is 0. The van der Waals surface area contributed by atoms with Crippen molar-refractivity contribution in [3.63, 3.8) is 0 Å². The van der Waals surface area contributed by atoms with Crippen LogP contribution in [0, 0.1) is 0 Å². The lowest BCUT2D eigenvalue weighted by molar-refractivity contribution is 1.02. The number of nitrogens with zero attached hydrogens (tertiary/aromatic N) is 4. The smallest absolute Gasteiger partial charge is 0.235 e. The molecular formula is C50H30N4. The monoisotopic (exact) mass is 686 g/mol. The number of benzene rings is 8. The van der Waals surface area contributed by atoms with E-state index in [1.54, 1.807) is 0 Å². The Morgan fingerprint density at radius 1 is 0.315 bits per heavy atom. The molecule has 0 unspecified atom stereocenters. The Morgan fingerprint density at radius 3 is 1.57 bits per heavy atom. The minimum atomic E-state index is 0.657. The molecule has 12 rings (SSSR count). The highest BCUT2D eigenvalue weighted by Gasteiger charge is 2.23. The van der Waals surface area contributed by atoms with Crippen LogP contribution >= 0.6 is 0 Å². The first-order chi connectivity index (χ1) is 26.8. The third kappa shape index (κ3) is 3.97. The molecule has 4 heterocycles. The van der Waals surface area contributed by atoms with Crippen molar-refractivity contribution < 1.29 is 0 Å². The molecule has 0 spiro atoms. The molecule has 0 saturated heterocycles. The highest BCUT2D eigenvalue weighted by atomic mass is 15.2. The summed E-state index contributed by atoms with van der Waals surface area (Å²) in [7, 11) is 0. The zero-order chi connectivity index (χ0) is 35.3. The van der Waals surface area contributed by atoms with Gasteiger partial charge in [0.05, 0.1) is 38.8 Å². The molecule has 4 nitrogen and oxygen atoms in total. The van der Waals surface area contributed by atoms with E-state index in [0.29, 0.717) is 5.95 Å². The summed E-state index contributed by atoms with van der Waals surface area (Å²) in [6.07, 6.45) is 0. The fraction of sp³-hybridized carbons (Fsp3) is 0. The van der Waals surface area contributed by atoms with Gasteiger partial charge in [-0.2, -0.15) is 0 Å². The van der Waals surface area contributed by atoms with Crippen molar-refractivity contribution in [1.29, 1.82) is 0 Å². The molecule has 0 bridgehead atoms. The van der Waals surface area contributed by atoms with E-state index < -0.39 is 0 Å². The highest BCUT2D eigenvalue weighted by molar-refractivity contribution is 6.31. The predicted octanol–water partition coefficient (Wildman–Crippen LogP) is 13.0. The van der Waals surface area contributed by atoms with Gasteiger partial charge >= 0.3 is 0 Å². The van der Waals surface area contributed by atoms with E-state index in [2.05, 4.69) is 191 Å². The quantitative estimate of drug-likeness (QED) is 0.181. The van der Waals surface area contributed by atoms with Gasteiger partial charge in [0.1, 0.15) is 0 Å². The lowest BCUT2D eigenvalue weighted by Gasteiger charge is -2.12. The van der Waals surface area contributed by atoms with Gasteiger partial charge in [-0.05, 0) is 45.8 Å². The second-order valence-electron chi connectivity index (χ2n) is 14.1. The van der Waals surface area contributed by atoms with Gasteiger partial charge in [0.2, 0.25) is 5.95 Å². The zero-order valence-corrected chi connectivity index (χ0v) is 29.1. The van der Waals surface area contributed by atoms with Crippen LogP contribution in [0.25, 0.3) is 110 Å². The first-order valence-electron chi connectivity index (χ1n) is 18.4. The molecule has 0 amide bonds. The van der Waals surface area contributed by atoms with Crippen molar-refractivity contribution in [1.82, 2.24) is 18.9 Å². The zero-order valence-electron chi connectivity index (χ0n) is 29.1. The number of fused-ring (bicyclic) bond motifs is 15. The summed E-state index contributed by atoms with van der Waals surface area (Å²) in [5, 5.41) is 13.0. The van der Waals surface area contributed by atoms with E-state index in [4.69, 9.17) is 9.97 Å². The average molecular weight is 687 g/mol. The van der Waals surface area contributed by atoms with E-state index in [9.17, 15) is 0 Å². The molecule has 0 saturated carbocycles. The summed E-state index contributed by atoms with van der Waals surface area (Å²) in [6, 6.07) is 65.5. The lowest BCUT2D eigenvalue weighted by atomic mass is 10.0. The van der Waals surface area contributed by atoms with Gasteiger partial charge in [-0.1, -0.05) is 158 Å². The molecule has 0 radical (unpaired) electrons. The van der Waals surface area contributed by atoms with Crippen LogP contribution < -0.4 is 0 Å². The Kier molecular flexibility index (Phi) is 6.02. The summed E-state index contributed by atoms with van der Waals surface area (Å²) < 4.78 is 4.82. The minimum absolute atomic E-state index is 0.657. The maximum atomic E-state index is 5.44. The van der Waals surface area contributed by atoms with Crippen molar-refractivity contribution in [2.75, 3.05) is 0 Å². The normalized spacial score (nSPS) is 12.1. The van der Waals surface area contributed by atoms with Crippen molar-refractivity contribution in [2.45, 2.75) is 0 Å². The maximum Gasteiger partial charge on any atom is 0.235 e. The van der Waals surface area contributed by atoms with Gasteiger partial charge in [-0.15, -0.1) is 0 Å². The summed E-state index contributed by atoms with van der Waals surface area (Å²) in [5.74, 6) is 0.657. The molecule has 4 heteroatoms. The third-order valence-electron chi connectivity index (χ3n) is 11.3. The number of hydrogen-bond acceptors (Lipinski definition) is 2. The van der Waals surface area contributed by atoms with Crippen LogP contribution in [0.3, 0.4) is 0 Å². The van der Waals surface area contributed by atoms with Crippen molar-refractivity contribution in [3.05, 3.63) is 182 Å². The second-order valence-corrected chi connectivity index (χ2v) is 14.1. The fourth-order valence-electron chi connectivity index (χ4n) is 9.06. The minimum Gasteiger partial charge on any atom is -0.308 e. The van der Waals surface area contributed by atoms with Crippen molar-refractivity contribution >= 4 is 92.3 Å². The lowest BCUT2D eigenvalue weighted by Crippen LogP contribution is -2.03. The van der Waals surface area contributed by atoms with Gasteiger partial charge in [0.15, 0.2) is 0 Å². The third-order valence-corrected chi connectivity index (χ3v) is 11.3. The van der Waals surface area contributed by atoms with Gasteiger partial charge in [0.25, 0.3) is 0 Å². The van der Waals surface area contributed by atoms with Crippen molar-refractivity contribution in [2.24, 2.45) is 0 Å². The first kappa shape index (κ1) is 29.3. The summed E-state index contributed by atoms with van der Waals surface area (Å²) >= 11 is 0. The Morgan fingerprint density at radius 2 is 0.833 bits per heavy atom. The molecule has 0 N–H and O–H groups in total. The van der Waals surface area contributed by atoms with E-state index in [1.807, 2.05) is 0 Å². The molecule has 250 valence electrons. The Labute approximate surface area is 309 Å².